The molecule has 0 unspecified atom stereocenters. The lowest BCUT2D eigenvalue weighted by molar-refractivity contribution is -0.146. The van der Waals surface area contributed by atoms with E-state index >= 15 is 0 Å². The molecule has 0 aliphatic carbocycles. The van der Waals surface area contributed by atoms with Gasteiger partial charge in [0.05, 0.1) is 4.90 Å². The van der Waals surface area contributed by atoms with Gasteiger partial charge in [0.15, 0.2) is 6.61 Å². The molecule has 28 heavy (non-hydrogen) atoms. The van der Waals surface area contributed by atoms with Crippen molar-refractivity contribution in [1.29, 1.82) is 0 Å². The summed E-state index contributed by atoms with van der Waals surface area (Å²) in [6.45, 7) is 6.34. The van der Waals surface area contributed by atoms with Crippen LogP contribution in [0.5, 0.6) is 11.5 Å². The summed E-state index contributed by atoms with van der Waals surface area (Å²) in [5.41, 5.74) is 1.23. The maximum absolute atomic E-state index is 11.7. The third-order valence-electron chi connectivity index (χ3n) is 3.84. The molecule has 0 spiro atoms. The lowest BCUT2D eigenvalue weighted by Crippen LogP contribution is -2.18. The normalized spacial score (nSPS) is 11.7. The molecule has 0 aromatic heterocycles. The Morgan fingerprint density at radius 2 is 1.43 bits per heavy atom. The second-order valence-electron chi connectivity index (χ2n) is 7.15. The standard InChI is InChI=1S/C20H25NO6S/c1-20(2,3)15-4-6-17(7-5-15)27-14-19(22)26-13-12-25-16-8-10-18(11-9-16)28(21,23)24/h4-11H,12-14H2,1-3H3,(H2,21,23,24). The summed E-state index contributed by atoms with van der Waals surface area (Å²) in [7, 11) is -3.73. The van der Waals surface area contributed by atoms with Gasteiger partial charge in [0.2, 0.25) is 10.0 Å². The molecular weight excluding hydrogens is 382 g/mol. The third-order valence-corrected chi connectivity index (χ3v) is 4.77. The highest BCUT2D eigenvalue weighted by Crippen LogP contribution is 2.24. The monoisotopic (exact) mass is 407 g/mol. The zero-order valence-corrected chi connectivity index (χ0v) is 17.0. The van der Waals surface area contributed by atoms with Gasteiger partial charge < -0.3 is 14.2 Å². The minimum absolute atomic E-state index is 0.000964. The molecule has 2 N–H and O–H groups in total. The highest BCUT2D eigenvalue weighted by atomic mass is 32.2. The Morgan fingerprint density at radius 3 is 1.96 bits per heavy atom. The summed E-state index contributed by atoms with van der Waals surface area (Å²) >= 11 is 0. The first-order valence-electron chi connectivity index (χ1n) is 8.70. The van der Waals surface area contributed by atoms with E-state index in [0.29, 0.717) is 11.5 Å². The van der Waals surface area contributed by atoms with Gasteiger partial charge in [-0.25, -0.2) is 18.4 Å². The van der Waals surface area contributed by atoms with Crippen molar-refractivity contribution in [1.82, 2.24) is 0 Å². The van der Waals surface area contributed by atoms with Gasteiger partial charge in [-0.3, -0.25) is 0 Å². The number of primary sulfonamides is 1. The Hall–Kier alpha value is -2.58. The van der Waals surface area contributed by atoms with Crippen molar-refractivity contribution in [3.8, 4) is 11.5 Å². The van der Waals surface area contributed by atoms with Crippen molar-refractivity contribution < 1.29 is 27.4 Å². The van der Waals surface area contributed by atoms with Gasteiger partial charge in [0.1, 0.15) is 24.7 Å². The fraction of sp³-hybridized carbons (Fsp3) is 0.350. The highest BCUT2D eigenvalue weighted by molar-refractivity contribution is 7.89. The molecule has 0 amide bonds. The lowest BCUT2D eigenvalue weighted by atomic mass is 9.87. The van der Waals surface area contributed by atoms with Crippen molar-refractivity contribution in [3.63, 3.8) is 0 Å². The predicted molar refractivity (Wildman–Crippen MR) is 105 cm³/mol. The number of hydrogen-bond acceptors (Lipinski definition) is 6. The molecule has 0 radical (unpaired) electrons. The van der Waals surface area contributed by atoms with Gasteiger partial charge >= 0.3 is 5.97 Å². The topological polar surface area (TPSA) is 105 Å². The molecule has 7 nitrogen and oxygen atoms in total. The molecule has 2 aromatic carbocycles. The summed E-state index contributed by atoms with van der Waals surface area (Å²) < 4.78 is 38.2. The van der Waals surface area contributed by atoms with Crippen LogP contribution in [0.4, 0.5) is 0 Å². The number of carbonyl (C=O) groups is 1. The second-order valence-corrected chi connectivity index (χ2v) is 8.71. The first kappa shape index (κ1) is 21.7. The van der Waals surface area contributed by atoms with Crippen molar-refractivity contribution in [2.24, 2.45) is 5.14 Å². The summed E-state index contributed by atoms with van der Waals surface area (Å²) in [5.74, 6) is 0.530. The molecule has 0 fully saturated rings. The van der Waals surface area contributed by atoms with Crippen LogP contribution in [-0.2, 0) is 25.0 Å². The van der Waals surface area contributed by atoms with Crippen molar-refractivity contribution >= 4 is 16.0 Å². The van der Waals surface area contributed by atoms with Gasteiger partial charge in [-0.2, -0.15) is 0 Å². The van der Waals surface area contributed by atoms with E-state index in [0.717, 1.165) is 0 Å². The fourth-order valence-corrected chi connectivity index (χ4v) is 2.79. The molecule has 8 heteroatoms. The molecule has 0 aliphatic rings. The Labute approximate surface area is 165 Å². The van der Waals surface area contributed by atoms with Crippen LogP contribution in [0.1, 0.15) is 26.3 Å². The van der Waals surface area contributed by atoms with E-state index in [4.69, 9.17) is 19.3 Å². The minimum Gasteiger partial charge on any atom is -0.490 e. The van der Waals surface area contributed by atoms with Gasteiger partial charge in [0.25, 0.3) is 0 Å². The molecule has 0 aliphatic heterocycles. The van der Waals surface area contributed by atoms with E-state index in [1.807, 2.05) is 24.3 Å². The summed E-state index contributed by atoms with van der Waals surface area (Å²) in [6.07, 6.45) is 0. The number of hydrogen-bond donors (Lipinski definition) is 1. The lowest BCUT2D eigenvalue weighted by Gasteiger charge is -2.19. The van der Waals surface area contributed by atoms with Crippen LogP contribution in [0, 0.1) is 0 Å². The van der Waals surface area contributed by atoms with Crippen LogP contribution >= 0.6 is 0 Å². The van der Waals surface area contributed by atoms with E-state index in [1.165, 1.54) is 29.8 Å². The summed E-state index contributed by atoms with van der Waals surface area (Å²) in [5, 5.41) is 5.02. The maximum atomic E-state index is 11.7. The zero-order chi connectivity index (χ0) is 20.8. The third kappa shape index (κ3) is 6.86. The number of rotatable bonds is 8. The van der Waals surface area contributed by atoms with Crippen LogP contribution in [0.15, 0.2) is 53.4 Å². The minimum atomic E-state index is -3.73. The molecule has 0 saturated carbocycles. The molecule has 2 aromatic rings. The first-order valence-corrected chi connectivity index (χ1v) is 10.2. The first-order chi connectivity index (χ1) is 13.1. The Kier molecular flexibility index (Phi) is 7.04. The number of nitrogens with two attached hydrogens (primary N) is 1. The Balaban J connectivity index is 1.69. The van der Waals surface area contributed by atoms with Crippen LogP contribution in [0.3, 0.4) is 0 Å². The smallest absolute Gasteiger partial charge is 0.344 e. The van der Waals surface area contributed by atoms with Gasteiger partial charge in [-0.1, -0.05) is 32.9 Å². The average Bonchev–Trinajstić information content (AvgIpc) is 2.63. The molecule has 0 bridgehead atoms. The maximum Gasteiger partial charge on any atom is 0.344 e. The van der Waals surface area contributed by atoms with Crippen molar-refractivity contribution in [2.75, 3.05) is 19.8 Å². The predicted octanol–water partition coefficient (Wildman–Crippen LogP) is 2.63. The second kappa shape index (κ2) is 9.07. The molecule has 152 valence electrons. The Morgan fingerprint density at radius 1 is 0.893 bits per heavy atom. The fourth-order valence-electron chi connectivity index (χ4n) is 2.28. The molecule has 0 saturated heterocycles. The van der Waals surface area contributed by atoms with E-state index in [9.17, 15) is 13.2 Å². The van der Waals surface area contributed by atoms with Crippen LogP contribution in [-0.4, -0.2) is 34.2 Å². The Bertz CT molecular complexity index is 884. The molecular formula is C20H25NO6S. The molecule has 2 rings (SSSR count). The number of ether oxygens (including phenoxy) is 3. The highest BCUT2D eigenvalue weighted by Gasteiger charge is 2.13. The number of benzene rings is 2. The number of sulfonamides is 1. The van der Waals surface area contributed by atoms with Gasteiger partial charge in [-0.05, 0) is 47.4 Å². The van der Waals surface area contributed by atoms with Crippen LogP contribution in [0.25, 0.3) is 0 Å². The van der Waals surface area contributed by atoms with Crippen LogP contribution < -0.4 is 14.6 Å². The summed E-state index contributed by atoms with van der Waals surface area (Å²) in [4.78, 5) is 11.7. The number of carbonyl (C=O) groups excluding carboxylic acids is 1. The van der Waals surface area contributed by atoms with E-state index < -0.39 is 16.0 Å². The van der Waals surface area contributed by atoms with Gasteiger partial charge in [-0.15, -0.1) is 0 Å². The molecule has 0 atom stereocenters. The van der Waals surface area contributed by atoms with E-state index in [2.05, 4.69) is 20.8 Å². The van der Waals surface area contributed by atoms with Crippen molar-refractivity contribution in [3.05, 3.63) is 54.1 Å². The van der Waals surface area contributed by atoms with Gasteiger partial charge in [0, 0.05) is 0 Å². The quantitative estimate of drug-likeness (QED) is 0.533. The van der Waals surface area contributed by atoms with E-state index in [1.54, 1.807) is 0 Å². The van der Waals surface area contributed by atoms with Crippen LogP contribution in [0.2, 0.25) is 0 Å². The largest absolute Gasteiger partial charge is 0.490 e. The number of esters is 1. The SMILES string of the molecule is CC(C)(C)c1ccc(OCC(=O)OCCOc2ccc(S(N)(=O)=O)cc2)cc1. The summed E-state index contributed by atoms with van der Waals surface area (Å²) in [6, 6.07) is 13.2. The van der Waals surface area contributed by atoms with E-state index in [-0.39, 0.29) is 30.1 Å². The zero-order valence-electron chi connectivity index (χ0n) is 16.2. The average molecular weight is 407 g/mol. The van der Waals surface area contributed by atoms with Crippen molar-refractivity contribution in [2.45, 2.75) is 31.1 Å². The molecule has 0 heterocycles.